The minimum atomic E-state index is -5.08. The highest BCUT2D eigenvalue weighted by atomic mass is 19.4. The lowest BCUT2D eigenvalue weighted by molar-refractivity contribution is -0.192. The summed E-state index contributed by atoms with van der Waals surface area (Å²) in [5, 5.41) is 18.4. The zero-order chi connectivity index (χ0) is 26.6. The summed E-state index contributed by atoms with van der Waals surface area (Å²) in [7, 11) is 0. The SMILES string of the molecule is Cc1c(C(=O)Nc2ccc3c(c2)CCN(C2CCC2)CC3)nnn1-c1ccccc1.O=C(O)C(F)(F)F. The van der Waals surface area contributed by atoms with Crippen LogP contribution in [0, 0.1) is 6.92 Å². The van der Waals surface area contributed by atoms with Crippen molar-refractivity contribution in [2.45, 2.75) is 51.2 Å². The van der Waals surface area contributed by atoms with Gasteiger partial charge in [0.1, 0.15) is 0 Å². The summed E-state index contributed by atoms with van der Waals surface area (Å²) in [6.07, 6.45) is 1.11. The van der Waals surface area contributed by atoms with Crippen LogP contribution in [0.4, 0.5) is 18.9 Å². The Bertz CT molecular complexity index is 1260. The van der Waals surface area contributed by atoms with Crippen LogP contribution in [0.25, 0.3) is 5.69 Å². The van der Waals surface area contributed by atoms with Crippen molar-refractivity contribution in [3.63, 3.8) is 0 Å². The van der Waals surface area contributed by atoms with Crippen molar-refractivity contribution in [3.05, 3.63) is 71.0 Å². The van der Waals surface area contributed by atoms with Crippen LogP contribution in [0.15, 0.2) is 48.5 Å². The fraction of sp³-hybridized carbons (Fsp3) is 0.385. The molecule has 0 bridgehead atoms. The second kappa shape index (κ2) is 11.1. The van der Waals surface area contributed by atoms with E-state index in [-0.39, 0.29) is 5.91 Å². The largest absolute Gasteiger partial charge is 0.490 e. The molecule has 0 saturated heterocycles. The molecule has 2 heterocycles. The highest BCUT2D eigenvalue weighted by Gasteiger charge is 2.38. The number of anilines is 1. The van der Waals surface area contributed by atoms with Gasteiger partial charge in [-0.05, 0) is 68.0 Å². The highest BCUT2D eigenvalue weighted by molar-refractivity contribution is 6.03. The number of alkyl halides is 3. The molecule has 0 atom stereocenters. The maximum Gasteiger partial charge on any atom is 0.490 e. The van der Waals surface area contributed by atoms with Crippen LogP contribution >= 0.6 is 0 Å². The summed E-state index contributed by atoms with van der Waals surface area (Å²) in [6, 6.07) is 16.8. The molecule has 1 aliphatic heterocycles. The minimum absolute atomic E-state index is 0.223. The number of carboxylic acid groups (broad SMARTS) is 1. The van der Waals surface area contributed by atoms with Gasteiger partial charge in [-0.25, -0.2) is 9.48 Å². The Labute approximate surface area is 212 Å². The molecule has 1 aliphatic carbocycles. The number of aromatic nitrogens is 3. The topological polar surface area (TPSA) is 100 Å². The molecule has 1 fully saturated rings. The third kappa shape index (κ3) is 6.34. The zero-order valence-electron chi connectivity index (χ0n) is 20.3. The first-order valence-corrected chi connectivity index (χ1v) is 12.1. The average Bonchev–Trinajstić information content (AvgIpc) is 3.10. The number of aliphatic carboxylic acids is 1. The third-order valence-corrected chi connectivity index (χ3v) is 6.74. The predicted molar refractivity (Wildman–Crippen MR) is 131 cm³/mol. The number of para-hydroxylation sites is 1. The normalized spacial score (nSPS) is 16.0. The lowest BCUT2D eigenvalue weighted by Crippen LogP contribution is -2.41. The molecular weight excluding hydrogens is 487 g/mol. The van der Waals surface area contributed by atoms with Gasteiger partial charge >= 0.3 is 12.1 Å². The summed E-state index contributed by atoms with van der Waals surface area (Å²) in [5.74, 6) is -2.98. The van der Waals surface area contributed by atoms with Gasteiger partial charge in [-0.1, -0.05) is 35.9 Å². The second-order valence-corrected chi connectivity index (χ2v) is 9.13. The Morgan fingerprint density at radius 2 is 1.68 bits per heavy atom. The molecule has 2 N–H and O–H groups in total. The van der Waals surface area contributed by atoms with Crippen LogP contribution in [0.1, 0.15) is 46.6 Å². The van der Waals surface area contributed by atoms with Crippen LogP contribution in [0.3, 0.4) is 0 Å². The summed E-state index contributed by atoms with van der Waals surface area (Å²) >= 11 is 0. The van der Waals surface area contributed by atoms with E-state index in [1.54, 1.807) is 4.68 Å². The molecule has 0 radical (unpaired) electrons. The van der Waals surface area contributed by atoms with Crippen molar-refractivity contribution in [3.8, 4) is 5.69 Å². The molecule has 2 aliphatic rings. The summed E-state index contributed by atoms with van der Waals surface area (Å²) in [4.78, 5) is 24.4. The van der Waals surface area contributed by atoms with E-state index < -0.39 is 12.1 Å². The van der Waals surface area contributed by atoms with Crippen molar-refractivity contribution in [1.29, 1.82) is 0 Å². The number of nitrogens with one attached hydrogen (secondary N) is 1. The lowest BCUT2D eigenvalue weighted by Gasteiger charge is -2.36. The van der Waals surface area contributed by atoms with Gasteiger partial charge < -0.3 is 10.4 Å². The number of amides is 1. The van der Waals surface area contributed by atoms with Crippen molar-refractivity contribution in [2.75, 3.05) is 18.4 Å². The number of carbonyl (C=O) groups is 2. The molecule has 1 aromatic heterocycles. The number of hydrogen-bond acceptors (Lipinski definition) is 5. The molecule has 0 unspecified atom stereocenters. The molecule has 37 heavy (non-hydrogen) atoms. The number of fused-ring (bicyclic) bond motifs is 1. The van der Waals surface area contributed by atoms with Gasteiger partial charge in [-0.3, -0.25) is 9.69 Å². The molecule has 2 aromatic carbocycles. The number of hydrogen-bond donors (Lipinski definition) is 2. The maximum absolute atomic E-state index is 12.9. The second-order valence-electron chi connectivity index (χ2n) is 9.13. The number of nitrogens with zero attached hydrogens (tertiary/aromatic N) is 4. The average molecular weight is 516 g/mol. The minimum Gasteiger partial charge on any atom is -0.475 e. The molecule has 1 amide bonds. The molecule has 8 nitrogen and oxygen atoms in total. The summed E-state index contributed by atoms with van der Waals surface area (Å²) in [6.45, 7) is 4.12. The van der Waals surface area contributed by atoms with Crippen LogP contribution in [-0.2, 0) is 17.6 Å². The van der Waals surface area contributed by atoms with E-state index in [1.165, 1.54) is 30.4 Å². The molecule has 11 heteroatoms. The van der Waals surface area contributed by atoms with Crippen LogP contribution in [-0.4, -0.2) is 62.2 Å². The van der Waals surface area contributed by atoms with Gasteiger partial charge in [0.25, 0.3) is 5.91 Å². The van der Waals surface area contributed by atoms with Crippen LogP contribution in [0.5, 0.6) is 0 Å². The smallest absolute Gasteiger partial charge is 0.475 e. The molecule has 0 spiro atoms. The number of carbonyl (C=O) groups excluding carboxylic acids is 1. The lowest BCUT2D eigenvalue weighted by atomic mass is 9.91. The first-order valence-electron chi connectivity index (χ1n) is 12.1. The number of benzene rings is 2. The molecule has 5 rings (SSSR count). The zero-order valence-corrected chi connectivity index (χ0v) is 20.3. The van der Waals surface area contributed by atoms with E-state index in [0.717, 1.165) is 49.0 Å². The van der Waals surface area contributed by atoms with Crippen molar-refractivity contribution < 1.29 is 27.9 Å². The molecule has 1 saturated carbocycles. The van der Waals surface area contributed by atoms with E-state index in [2.05, 4.69) is 32.7 Å². The summed E-state index contributed by atoms with van der Waals surface area (Å²) < 4.78 is 33.4. The molecule has 3 aromatic rings. The van der Waals surface area contributed by atoms with E-state index in [9.17, 15) is 18.0 Å². The Morgan fingerprint density at radius 1 is 1.03 bits per heavy atom. The Balaban J connectivity index is 0.000000405. The van der Waals surface area contributed by atoms with Crippen LogP contribution in [0.2, 0.25) is 0 Å². The molecule has 196 valence electrons. The van der Waals surface area contributed by atoms with E-state index in [4.69, 9.17) is 9.90 Å². The van der Waals surface area contributed by atoms with Gasteiger partial charge in [0, 0.05) is 24.8 Å². The first kappa shape index (κ1) is 26.3. The predicted octanol–water partition coefficient (Wildman–Crippen LogP) is 4.41. The standard InChI is InChI=1S/C24H27N5O.C2HF3O2/c1-17-23(26-27-29(17)22-6-3-2-4-7-22)24(30)25-20-11-10-18-12-14-28(21-8-5-9-21)15-13-19(18)16-20;3-2(4,5)1(6)7/h2-4,6-7,10-11,16,21H,5,8-9,12-15H2,1H3,(H,25,30);(H,6,7). The van der Waals surface area contributed by atoms with Crippen molar-refractivity contribution in [1.82, 2.24) is 19.9 Å². The number of carboxylic acids is 1. The Hall–Kier alpha value is -3.73. The number of rotatable bonds is 4. The Kier molecular flexibility index (Phi) is 7.91. The Morgan fingerprint density at radius 3 is 2.27 bits per heavy atom. The van der Waals surface area contributed by atoms with E-state index in [1.807, 2.05) is 43.3 Å². The quantitative estimate of drug-likeness (QED) is 0.534. The first-order chi connectivity index (χ1) is 17.6. The highest BCUT2D eigenvalue weighted by Crippen LogP contribution is 2.28. The van der Waals surface area contributed by atoms with E-state index >= 15 is 0 Å². The monoisotopic (exact) mass is 515 g/mol. The fourth-order valence-electron chi connectivity index (χ4n) is 4.48. The third-order valence-electron chi connectivity index (χ3n) is 6.74. The van der Waals surface area contributed by atoms with Crippen molar-refractivity contribution in [2.24, 2.45) is 0 Å². The fourth-order valence-corrected chi connectivity index (χ4v) is 4.48. The summed E-state index contributed by atoms with van der Waals surface area (Å²) in [5.41, 5.74) is 5.54. The van der Waals surface area contributed by atoms with Crippen molar-refractivity contribution >= 4 is 17.6 Å². The van der Waals surface area contributed by atoms with Gasteiger partial charge in [-0.15, -0.1) is 5.10 Å². The maximum atomic E-state index is 12.9. The van der Waals surface area contributed by atoms with Gasteiger partial charge in [-0.2, -0.15) is 13.2 Å². The van der Waals surface area contributed by atoms with Gasteiger partial charge in [0.2, 0.25) is 0 Å². The molecular formula is C26H28F3N5O3. The van der Waals surface area contributed by atoms with Gasteiger partial charge in [0.05, 0.1) is 11.4 Å². The van der Waals surface area contributed by atoms with E-state index in [0.29, 0.717) is 5.69 Å². The number of halogens is 3. The van der Waals surface area contributed by atoms with Crippen LogP contribution < -0.4 is 5.32 Å². The van der Waals surface area contributed by atoms with Gasteiger partial charge in [0.15, 0.2) is 5.69 Å².